The van der Waals surface area contributed by atoms with Gasteiger partial charge in [-0.05, 0) is 47.0 Å². The van der Waals surface area contributed by atoms with Crippen LogP contribution in [0.5, 0.6) is 0 Å². The van der Waals surface area contributed by atoms with Crippen LogP contribution in [0.25, 0.3) is 5.70 Å². The molecule has 0 aliphatic carbocycles. The van der Waals surface area contributed by atoms with E-state index in [9.17, 15) is 0 Å². The fourth-order valence-electron chi connectivity index (χ4n) is 3.96. The zero-order valence-electron chi connectivity index (χ0n) is 18.2. The molecule has 1 N–H and O–H groups in total. The van der Waals surface area contributed by atoms with Crippen LogP contribution in [0.15, 0.2) is 122 Å². The summed E-state index contributed by atoms with van der Waals surface area (Å²) in [7, 11) is -2.41. The second kappa shape index (κ2) is 10.7. The molecule has 0 atom stereocenters. The lowest BCUT2D eigenvalue weighted by Crippen LogP contribution is -2.50. The van der Waals surface area contributed by atoms with Gasteiger partial charge in [-0.3, -0.25) is 10.5 Å². The molecule has 0 spiro atoms. The number of benzene rings is 3. The summed E-state index contributed by atoms with van der Waals surface area (Å²) in [6, 6.07) is 40.4. The number of hydroxylamine groups is 1. The summed E-state index contributed by atoms with van der Waals surface area (Å²) in [4.78, 5) is 4.40. The van der Waals surface area contributed by atoms with Gasteiger partial charge in [-0.1, -0.05) is 104 Å². The first kappa shape index (κ1) is 21.7. The van der Waals surface area contributed by atoms with E-state index in [4.69, 9.17) is 4.53 Å². The van der Waals surface area contributed by atoms with Gasteiger partial charge >= 0.3 is 0 Å². The van der Waals surface area contributed by atoms with Crippen molar-refractivity contribution in [3.63, 3.8) is 0 Å². The SMILES string of the molecule is C=C(NO[Si](Cc1ccccc1)(Cc1ccccc1)Cc1ccccc1)c1ccccn1. The second-order valence-electron chi connectivity index (χ2n) is 8.07. The maximum absolute atomic E-state index is 6.71. The maximum Gasteiger partial charge on any atom is 0.242 e. The highest BCUT2D eigenvalue weighted by atomic mass is 28.4. The van der Waals surface area contributed by atoms with Crippen LogP contribution in [0.1, 0.15) is 22.4 Å². The predicted molar refractivity (Wildman–Crippen MR) is 134 cm³/mol. The fourth-order valence-corrected chi connectivity index (χ4v) is 7.83. The lowest BCUT2D eigenvalue weighted by atomic mass is 10.2. The Morgan fingerprint density at radius 3 is 1.50 bits per heavy atom. The number of hydrogen-bond acceptors (Lipinski definition) is 3. The van der Waals surface area contributed by atoms with Gasteiger partial charge in [0, 0.05) is 6.20 Å². The van der Waals surface area contributed by atoms with Crippen LogP contribution in [0.3, 0.4) is 0 Å². The van der Waals surface area contributed by atoms with Gasteiger partial charge in [-0.2, -0.15) is 0 Å². The third kappa shape index (κ3) is 6.03. The van der Waals surface area contributed by atoms with Crippen molar-refractivity contribution in [2.24, 2.45) is 0 Å². The Morgan fingerprint density at radius 1 is 0.656 bits per heavy atom. The van der Waals surface area contributed by atoms with Crippen molar-refractivity contribution in [3.05, 3.63) is 144 Å². The van der Waals surface area contributed by atoms with Crippen LogP contribution in [0.2, 0.25) is 0 Å². The van der Waals surface area contributed by atoms with Crippen LogP contribution in [-0.2, 0) is 22.7 Å². The quantitative estimate of drug-likeness (QED) is 0.250. The summed E-state index contributed by atoms with van der Waals surface area (Å²) in [6.45, 7) is 4.17. The molecule has 3 nitrogen and oxygen atoms in total. The highest BCUT2D eigenvalue weighted by molar-refractivity contribution is 6.72. The summed E-state index contributed by atoms with van der Waals surface area (Å²) >= 11 is 0. The molecule has 0 radical (unpaired) electrons. The maximum atomic E-state index is 6.71. The Bertz CT molecular complexity index is 1000. The molecule has 0 bridgehead atoms. The van der Waals surface area contributed by atoms with Gasteiger partial charge in [-0.25, -0.2) is 0 Å². The number of nitrogens with one attached hydrogen (secondary N) is 1. The normalized spacial score (nSPS) is 11.1. The molecule has 4 aromatic rings. The van der Waals surface area contributed by atoms with Crippen molar-refractivity contribution >= 4 is 14.0 Å². The molecule has 4 heteroatoms. The molecule has 0 aliphatic rings. The molecule has 0 fully saturated rings. The van der Waals surface area contributed by atoms with E-state index in [2.05, 4.69) is 108 Å². The molecule has 160 valence electrons. The molecule has 0 aliphatic heterocycles. The lowest BCUT2D eigenvalue weighted by Gasteiger charge is -2.32. The summed E-state index contributed by atoms with van der Waals surface area (Å²) in [6.07, 6.45) is 1.77. The van der Waals surface area contributed by atoms with Gasteiger partial charge in [0.05, 0.1) is 11.4 Å². The van der Waals surface area contributed by atoms with Crippen LogP contribution >= 0.6 is 0 Å². The van der Waals surface area contributed by atoms with Crippen LogP contribution < -0.4 is 5.48 Å². The highest BCUT2D eigenvalue weighted by Gasteiger charge is 2.37. The smallest absolute Gasteiger partial charge is 0.242 e. The Kier molecular flexibility index (Phi) is 7.28. The molecular formula is C28H28N2OSi. The zero-order valence-corrected chi connectivity index (χ0v) is 19.2. The Hall–Kier alpha value is -3.47. The van der Waals surface area contributed by atoms with E-state index in [1.807, 2.05) is 18.2 Å². The molecular weight excluding hydrogens is 408 g/mol. The molecule has 0 unspecified atom stereocenters. The Balaban J connectivity index is 1.67. The van der Waals surface area contributed by atoms with Gasteiger partial charge < -0.3 is 4.53 Å². The van der Waals surface area contributed by atoms with E-state index in [0.29, 0.717) is 5.70 Å². The highest BCUT2D eigenvalue weighted by Crippen LogP contribution is 2.24. The van der Waals surface area contributed by atoms with Crippen molar-refractivity contribution in [3.8, 4) is 0 Å². The fraction of sp³-hybridized carbons (Fsp3) is 0.107. The third-order valence-corrected chi connectivity index (χ3v) is 9.17. The van der Waals surface area contributed by atoms with Crippen LogP contribution in [-0.4, -0.2) is 13.3 Å². The third-order valence-electron chi connectivity index (χ3n) is 5.47. The van der Waals surface area contributed by atoms with E-state index in [0.717, 1.165) is 23.8 Å². The van der Waals surface area contributed by atoms with Crippen molar-refractivity contribution in [1.82, 2.24) is 10.5 Å². The first-order chi connectivity index (χ1) is 15.7. The monoisotopic (exact) mass is 436 g/mol. The number of nitrogens with zero attached hydrogens (tertiary/aromatic N) is 1. The second-order valence-corrected chi connectivity index (χ2v) is 11.7. The minimum Gasteiger partial charge on any atom is -0.321 e. The van der Waals surface area contributed by atoms with Gasteiger partial charge in [0.15, 0.2) is 0 Å². The molecule has 0 amide bonds. The van der Waals surface area contributed by atoms with Gasteiger partial charge in [0.25, 0.3) is 0 Å². The number of rotatable bonds is 10. The van der Waals surface area contributed by atoms with Crippen molar-refractivity contribution < 1.29 is 4.53 Å². The molecule has 0 saturated heterocycles. The first-order valence-electron chi connectivity index (χ1n) is 10.9. The summed E-state index contributed by atoms with van der Waals surface area (Å²) in [5, 5.41) is 0. The number of hydrogen-bond donors (Lipinski definition) is 1. The van der Waals surface area contributed by atoms with Gasteiger partial charge in [0.1, 0.15) is 0 Å². The van der Waals surface area contributed by atoms with E-state index >= 15 is 0 Å². The topological polar surface area (TPSA) is 34.1 Å². The van der Waals surface area contributed by atoms with Gasteiger partial charge in [-0.15, -0.1) is 0 Å². The molecule has 32 heavy (non-hydrogen) atoms. The van der Waals surface area contributed by atoms with Crippen LogP contribution in [0, 0.1) is 0 Å². The average molecular weight is 437 g/mol. The van der Waals surface area contributed by atoms with E-state index in [1.54, 1.807) is 6.20 Å². The number of pyridine rings is 1. The van der Waals surface area contributed by atoms with Gasteiger partial charge in [0.2, 0.25) is 8.32 Å². The molecule has 4 rings (SSSR count). The standard InChI is InChI=1S/C28H28N2OSi/c1-24(28-19-11-12-20-29-28)30-31-32(21-25-13-5-2-6-14-25,22-26-15-7-3-8-16-26)23-27-17-9-4-10-18-27/h2-20,30H,1,21-23H2. The lowest BCUT2D eigenvalue weighted by molar-refractivity contribution is 0.230. The van der Waals surface area contributed by atoms with Crippen molar-refractivity contribution in [2.45, 2.75) is 18.1 Å². The average Bonchev–Trinajstić information content (AvgIpc) is 2.85. The summed E-state index contributed by atoms with van der Waals surface area (Å²) < 4.78 is 6.71. The summed E-state index contributed by atoms with van der Waals surface area (Å²) in [5.74, 6) is 0. The van der Waals surface area contributed by atoms with Crippen LogP contribution in [0.4, 0.5) is 0 Å². The zero-order chi connectivity index (χ0) is 22.1. The predicted octanol–water partition coefficient (Wildman–Crippen LogP) is 5.86. The molecule has 3 aromatic carbocycles. The Labute approximate surface area is 191 Å². The molecule has 1 heterocycles. The molecule has 0 saturated carbocycles. The minimum atomic E-state index is -2.41. The van der Waals surface area contributed by atoms with E-state index in [-0.39, 0.29) is 0 Å². The van der Waals surface area contributed by atoms with Crippen molar-refractivity contribution in [2.75, 3.05) is 0 Å². The Morgan fingerprint density at radius 2 is 1.09 bits per heavy atom. The largest absolute Gasteiger partial charge is 0.321 e. The van der Waals surface area contributed by atoms with Crippen molar-refractivity contribution in [1.29, 1.82) is 0 Å². The van der Waals surface area contributed by atoms with E-state index < -0.39 is 8.32 Å². The minimum absolute atomic E-state index is 0.677. The van der Waals surface area contributed by atoms with E-state index in [1.165, 1.54) is 16.7 Å². The summed E-state index contributed by atoms with van der Waals surface area (Å²) in [5.41, 5.74) is 8.53. The first-order valence-corrected chi connectivity index (χ1v) is 13.4. The number of aromatic nitrogens is 1. The molecule has 1 aromatic heterocycles.